The zero-order valence-corrected chi connectivity index (χ0v) is 20.0. The largest absolute Gasteiger partial charge is 0.451 e. The quantitative estimate of drug-likeness (QED) is 0.645. The van der Waals surface area contributed by atoms with Gasteiger partial charge >= 0.3 is 6.18 Å². The second kappa shape index (κ2) is 7.25. The molecule has 184 valence electrons. The Morgan fingerprint density at radius 1 is 1.12 bits per heavy atom. The second-order valence-electron chi connectivity index (χ2n) is 11.0. The third-order valence-electron chi connectivity index (χ3n) is 8.25. The van der Waals surface area contributed by atoms with Crippen LogP contribution in [0.1, 0.15) is 56.6 Å². The van der Waals surface area contributed by atoms with E-state index in [0.717, 1.165) is 38.0 Å². The molecule has 6 rings (SSSR count). The maximum atomic E-state index is 12.8. The summed E-state index contributed by atoms with van der Waals surface area (Å²) in [5.74, 6) is 1.13. The third kappa shape index (κ3) is 3.66. The van der Waals surface area contributed by atoms with E-state index < -0.39 is 21.8 Å². The molecule has 7 nitrogen and oxygen atoms in total. The number of nitrogens with zero attached hydrogens (tertiary/aromatic N) is 5. The predicted molar refractivity (Wildman–Crippen MR) is 119 cm³/mol. The highest BCUT2D eigenvalue weighted by atomic mass is 32.2. The molecule has 2 aromatic heterocycles. The summed E-state index contributed by atoms with van der Waals surface area (Å²) < 4.78 is 63.8. The first-order valence-electron chi connectivity index (χ1n) is 11.9. The lowest BCUT2D eigenvalue weighted by atomic mass is 9.91. The first-order chi connectivity index (χ1) is 15.9. The van der Waals surface area contributed by atoms with Gasteiger partial charge in [-0.2, -0.15) is 18.3 Å². The van der Waals surface area contributed by atoms with Gasteiger partial charge in [0.15, 0.2) is 9.84 Å². The molecule has 2 aliphatic heterocycles. The number of sulfone groups is 1. The highest BCUT2D eigenvalue weighted by molar-refractivity contribution is 7.92. The lowest BCUT2D eigenvalue weighted by Gasteiger charge is -2.38. The van der Waals surface area contributed by atoms with Crippen molar-refractivity contribution in [2.75, 3.05) is 24.6 Å². The van der Waals surface area contributed by atoms with Crippen molar-refractivity contribution >= 4 is 9.84 Å². The second-order valence-corrected chi connectivity index (χ2v) is 13.1. The van der Waals surface area contributed by atoms with E-state index in [0.29, 0.717) is 46.6 Å². The number of rotatable bonds is 4. The smallest absolute Gasteiger partial charge is 0.300 e. The molecule has 4 fully saturated rings. The normalized spacial score (nSPS) is 31.7. The average Bonchev–Trinajstić information content (AvgIpc) is 3.18. The highest BCUT2D eigenvalue weighted by Gasteiger charge is 2.60. The third-order valence-corrected chi connectivity index (χ3v) is 10.4. The van der Waals surface area contributed by atoms with Gasteiger partial charge in [-0.05, 0) is 57.6 Å². The topological polar surface area (TPSA) is 81.0 Å². The molecule has 0 amide bonds. The van der Waals surface area contributed by atoms with E-state index in [4.69, 9.17) is 5.10 Å². The standard InChI is InChI=1S/C23H28F3N5O2S/c1-13(2)31-19(7-18(29-31)14-8-27-21(28-9-14)23(24,25)26)20-16-5-15(6-17(16)20)30-4-3-22(10-30)11-34(32,33)12-22/h7-9,13,15-17,20H,3-6,10-12H2,1-2H3/t15-,16-,17+,20+. The Morgan fingerprint density at radius 3 is 2.32 bits per heavy atom. The van der Waals surface area contributed by atoms with E-state index in [1.807, 2.05) is 10.7 Å². The van der Waals surface area contributed by atoms with Gasteiger partial charge in [-0.3, -0.25) is 9.58 Å². The van der Waals surface area contributed by atoms with Crippen molar-refractivity contribution in [1.82, 2.24) is 24.6 Å². The summed E-state index contributed by atoms with van der Waals surface area (Å²) in [7, 11) is -2.81. The van der Waals surface area contributed by atoms with E-state index in [1.165, 1.54) is 12.4 Å². The van der Waals surface area contributed by atoms with E-state index in [9.17, 15) is 21.6 Å². The zero-order valence-electron chi connectivity index (χ0n) is 19.2. The molecule has 0 radical (unpaired) electrons. The maximum absolute atomic E-state index is 12.8. The number of hydrogen-bond donors (Lipinski definition) is 0. The first-order valence-corrected chi connectivity index (χ1v) is 13.7. The fourth-order valence-corrected chi connectivity index (χ4v) is 9.03. The predicted octanol–water partition coefficient (Wildman–Crippen LogP) is 3.55. The molecule has 4 atom stereocenters. The van der Waals surface area contributed by atoms with Crippen LogP contribution in [0, 0.1) is 17.3 Å². The van der Waals surface area contributed by atoms with Crippen molar-refractivity contribution < 1.29 is 21.6 Å². The maximum Gasteiger partial charge on any atom is 0.451 e. The van der Waals surface area contributed by atoms with Crippen LogP contribution in [0.3, 0.4) is 0 Å². The van der Waals surface area contributed by atoms with Gasteiger partial charge in [-0.1, -0.05) is 0 Å². The Kier molecular flexibility index (Phi) is 4.79. The lowest BCUT2D eigenvalue weighted by Crippen LogP contribution is -2.50. The molecule has 0 N–H and O–H groups in total. The molecular formula is C23H28F3N5O2S. The highest BCUT2D eigenvalue weighted by Crippen LogP contribution is 2.64. The van der Waals surface area contributed by atoms with Crippen LogP contribution >= 0.6 is 0 Å². The monoisotopic (exact) mass is 495 g/mol. The molecule has 0 bridgehead atoms. The summed E-state index contributed by atoms with van der Waals surface area (Å²) >= 11 is 0. The fourth-order valence-electron chi connectivity index (χ4n) is 6.78. The number of alkyl halides is 3. The van der Waals surface area contributed by atoms with Crippen molar-refractivity contribution in [3.05, 3.63) is 30.0 Å². The Morgan fingerprint density at radius 2 is 1.76 bits per heavy atom. The number of fused-ring (bicyclic) bond motifs is 1. The molecule has 11 heteroatoms. The molecule has 0 aromatic carbocycles. The number of aromatic nitrogens is 4. The van der Waals surface area contributed by atoms with Crippen LogP contribution in [-0.4, -0.2) is 63.7 Å². The Labute approximate surface area is 196 Å². The van der Waals surface area contributed by atoms with Gasteiger partial charge < -0.3 is 0 Å². The minimum Gasteiger partial charge on any atom is -0.300 e. The minimum atomic E-state index is -4.56. The summed E-state index contributed by atoms with van der Waals surface area (Å²) in [6.45, 7) is 6.01. The van der Waals surface area contributed by atoms with Gasteiger partial charge in [0.1, 0.15) is 0 Å². The Balaban J connectivity index is 1.15. The average molecular weight is 496 g/mol. The van der Waals surface area contributed by atoms with Crippen LogP contribution in [-0.2, 0) is 16.0 Å². The number of halogens is 3. The van der Waals surface area contributed by atoms with Crippen LogP contribution in [0.4, 0.5) is 13.2 Å². The van der Waals surface area contributed by atoms with Crippen molar-refractivity contribution in [2.45, 2.75) is 57.3 Å². The van der Waals surface area contributed by atoms with E-state index in [2.05, 4.69) is 28.7 Å². The van der Waals surface area contributed by atoms with Crippen molar-refractivity contribution in [2.24, 2.45) is 17.3 Å². The van der Waals surface area contributed by atoms with Gasteiger partial charge in [-0.25, -0.2) is 18.4 Å². The van der Waals surface area contributed by atoms with Gasteiger partial charge in [0, 0.05) is 53.6 Å². The van der Waals surface area contributed by atoms with Crippen LogP contribution in [0.25, 0.3) is 11.3 Å². The van der Waals surface area contributed by atoms with Crippen LogP contribution < -0.4 is 0 Å². The molecule has 2 aromatic rings. The summed E-state index contributed by atoms with van der Waals surface area (Å²) in [5.41, 5.74) is 2.23. The van der Waals surface area contributed by atoms with Gasteiger partial charge in [0.05, 0.1) is 17.2 Å². The van der Waals surface area contributed by atoms with Crippen molar-refractivity contribution in [3.63, 3.8) is 0 Å². The van der Waals surface area contributed by atoms with Crippen LogP contribution in [0.5, 0.6) is 0 Å². The first kappa shape index (κ1) is 22.5. The Bertz CT molecular complexity index is 1200. The minimum absolute atomic E-state index is 0.0000860. The zero-order chi connectivity index (χ0) is 24.0. The summed E-state index contributed by atoms with van der Waals surface area (Å²) in [5, 5.41) is 4.70. The molecule has 2 aliphatic carbocycles. The molecule has 34 heavy (non-hydrogen) atoms. The van der Waals surface area contributed by atoms with E-state index in [-0.39, 0.29) is 11.5 Å². The number of hydrogen-bond acceptors (Lipinski definition) is 6. The van der Waals surface area contributed by atoms with Crippen LogP contribution in [0.2, 0.25) is 0 Å². The van der Waals surface area contributed by atoms with Crippen molar-refractivity contribution in [3.8, 4) is 11.3 Å². The summed E-state index contributed by atoms with van der Waals surface area (Å²) in [6, 6.07) is 2.65. The number of likely N-dealkylation sites (tertiary alicyclic amines) is 1. The van der Waals surface area contributed by atoms with E-state index in [1.54, 1.807) is 0 Å². The van der Waals surface area contributed by atoms with Gasteiger partial charge in [-0.15, -0.1) is 0 Å². The molecule has 1 spiro atoms. The molecule has 0 unspecified atom stereocenters. The van der Waals surface area contributed by atoms with Gasteiger partial charge in [0.2, 0.25) is 5.82 Å². The van der Waals surface area contributed by atoms with Crippen LogP contribution in [0.15, 0.2) is 18.5 Å². The SMILES string of the molecule is CC(C)n1nc(-c2cnc(C(F)(F)F)nc2)cc1[C@H]1[C@@H]2C[C@@H](N3CCC4(C3)CS(=O)(=O)C4)C[C@@H]21. The van der Waals surface area contributed by atoms with E-state index >= 15 is 0 Å². The molecule has 2 saturated carbocycles. The molecule has 4 aliphatic rings. The van der Waals surface area contributed by atoms with Gasteiger partial charge in [0.25, 0.3) is 0 Å². The van der Waals surface area contributed by atoms with Crippen molar-refractivity contribution in [1.29, 1.82) is 0 Å². The summed E-state index contributed by atoms with van der Waals surface area (Å²) in [4.78, 5) is 9.49. The fraction of sp³-hybridized carbons (Fsp3) is 0.696. The molecular weight excluding hydrogens is 467 g/mol. The molecule has 4 heterocycles. The summed E-state index contributed by atoms with van der Waals surface area (Å²) in [6.07, 6.45) is 1.03. The Hall–Kier alpha value is -2.01. The molecule has 2 saturated heterocycles. The lowest BCUT2D eigenvalue weighted by molar-refractivity contribution is -0.144.